The summed E-state index contributed by atoms with van der Waals surface area (Å²) in [6.07, 6.45) is 3.82. The topological polar surface area (TPSA) is 18.5 Å². The van der Waals surface area contributed by atoms with E-state index in [1.807, 2.05) is 30.3 Å². The van der Waals surface area contributed by atoms with Crippen LogP contribution in [-0.2, 0) is 10.3 Å². The lowest BCUT2D eigenvalue weighted by atomic mass is 9.95. The fraction of sp³-hybridized carbons (Fsp3) is 0.273. The summed E-state index contributed by atoms with van der Waals surface area (Å²) in [4.78, 5) is 0. The third-order valence-electron chi connectivity index (χ3n) is 2.60. The van der Waals surface area contributed by atoms with Crippen molar-refractivity contribution >= 4 is 0 Å². The first-order valence-corrected chi connectivity index (χ1v) is 4.41. The Morgan fingerprint density at radius 2 is 2.15 bits per heavy atom. The van der Waals surface area contributed by atoms with E-state index in [1.165, 1.54) is 0 Å². The van der Waals surface area contributed by atoms with Gasteiger partial charge in [-0.3, -0.25) is 0 Å². The number of benzene rings is 1. The molecule has 2 unspecified atom stereocenters. The predicted octanol–water partition coefficient (Wildman–Crippen LogP) is 2.21. The molecule has 1 aromatic carbocycles. The van der Waals surface area contributed by atoms with E-state index in [0.29, 0.717) is 0 Å². The molecule has 3 rings (SSSR count). The Labute approximate surface area is 76.8 Å². The fourth-order valence-corrected chi connectivity index (χ4v) is 1.90. The Kier molecular flexibility index (Phi) is 1.18. The molecule has 0 amide bonds. The van der Waals surface area contributed by atoms with Crippen molar-refractivity contribution in [2.24, 2.45) is 0 Å². The summed E-state index contributed by atoms with van der Waals surface area (Å²) in [5.74, 6) is 0.936. The van der Waals surface area contributed by atoms with Gasteiger partial charge >= 0.3 is 0 Å². The number of para-hydroxylation sites is 1. The molecule has 66 valence electrons. The molecule has 2 heterocycles. The number of fused-ring (bicyclic) bond motifs is 4. The zero-order chi connectivity index (χ0) is 8.89. The van der Waals surface area contributed by atoms with Crippen LogP contribution in [0.1, 0.15) is 12.5 Å². The lowest BCUT2D eigenvalue weighted by molar-refractivity contribution is -0.125. The third kappa shape index (κ3) is 0.864. The highest BCUT2D eigenvalue weighted by Gasteiger charge is 2.40. The maximum Gasteiger partial charge on any atom is 0.220 e. The molecular formula is C11H10O2. The number of hydrogen-bond acceptors (Lipinski definition) is 2. The van der Waals surface area contributed by atoms with Crippen LogP contribution in [0.5, 0.6) is 5.75 Å². The molecule has 0 fully saturated rings. The first-order chi connectivity index (χ1) is 6.28. The van der Waals surface area contributed by atoms with Gasteiger partial charge in [-0.05, 0) is 25.1 Å². The van der Waals surface area contributed by atoms with E-state index in [4.69, 9.17) is 9.47 Å². The van der Waals surface area contributed by atoms with Gasteiger partial charge in [-0.15, -0.1) is 0 Å². The molecule has 2 bridgehead atoms. The van der Waals surface area contributed by atoms with E-state index in [1.54, 1.807) is 0 Å². The molecule has 2 heteroatoms. The maximum absolute atomic E-state index is 5.68. The molecule has 0 aliphatic carbocycles. The first-order valence-electron chi connectivity index (χ1n) is 4.41. The van der Waals surface area contributed by atoms with Crippen LogP contribution >= 0.6 is 0 Å². The highest BCUT2D eigenvalue weighted by molar-refractivity contribution is 5.44. The summed E-state index contributed by atoms with van der Waals surface area (Å²) in [6.45, 7) is 2.06. The second-order valence-electron chi connectivity index (χ2n) is 3.57. The van der Waals surface area contributed by atoms with E-state index < -0.39 is 0 Å². The summed E-state index contributed by atoms with van der Waals surface area (Å²) in [5, 5.41) is 0. The minimum absolute atomic E-state index is 0.195. The average molecular weight is 174 g/mol. The van der Waals surface area contributed by atoms with Gasteiger partial charge in [0.2, 0.25) is 6.29 Å². The molecule has 0 radical (unpaired) electrons. The zero-order valence-corrected chi connectivity index (χ0v) is 7.36. The maximum atomic E-state index is 5.68. The molecule has 0 saturated carbocycles. The van der Waals surface area contributed by atoms with Gasteiger partial charge in [-0.1, -0.05) is 18.2 Å². The van der Waals surface area contributed by atoms with Crippen LogP contribution in [0.2, 0.25) is 0 Å². The standard InChI is InChI=1S/C11H10O2/c1-11-7-6-10(13-11)12-9-5-3-2-4-8(9)11/h2-7,10H,1H3. The summed E-state index contributed by atoms with van der Waals surface area (Å²) in [6, 6.07) is 8.01. The van der Waals surface area contributed by atoms with Gasteiger partial charge in [0.1, 0.15) is 11.4 Å². The van der Waals surface area contributed by atoms with Crippen molar-refractivity contribution in [2.75, 3.05) is 0 Å². The molecule has 2 aliphatic heterocycles. The second kappa shape index (κ2) is 2.15. The Balaban J connectivity index is 2.24. The van der Waals surface area contributed by atoms with Gasteiger partial charge in [0, 0.05) is 5.56 Å². The number of ether oxygens (including phenoxy) is 2. The monoisotopic (exact) mass is 174 g/mol. The van der Waals surface area contributed by atoms with Gasteiger partial charge in [0.15, 0.2) is 0 Å². The molecule has 2 atom stereocenters. The van der Waals surface area contributed by atoms with E-state index >= 15 is 0 Å². The van der Waals surface area contributed by atoms with Crippen molar-refractivity contribution in [3.63, 3.8) is 0 Å². The van der Waals surface area contributed by atoms with Crippen LogP contribution in [-0.4, -0.2) is 6.29 Å². The summed E-state index contributed by atoms with van der Waals surface area (Å²) in [7, 11) is 0. The van der Waals surface area contributed by atoms with Crippen molar-refractivity contribution < 1.29 is 9.47 Å². The number of rotatable bonds is 0. The summed E-state index contributed by atoms with van der Waals surface area (Å²) < 4.78 is 11.3. The van der Waals surface area contributed by atoms with E-state index in [2.05, 4.69) is 13.0 Å². The van der Waals surface area contributed by atoms with Gasteiger partial charge < -0.3 is 9.47 Å². The van der Waals surface area contributed by atoms with Crippen LogP contribution in [0.25, 0.3) is 0 Å². The van der Waals surface area contributed by atoms with Crippen LogP contribution in [0, 0.1) is 0 Å². The summed E-state index contributed by atoms with van der Waals surface area (Å²) >= 11 is 0. The van der Waals surface area contributed by atoms with Gasteiger partial charge in [0.05, 0.1) is 0 Å². The largest absolute Gasteiger partial charge is 0.461 e. The Bertz CT molecular complexity index is 383. The Hall–Kier alpha value is -1.28. The third-order valence-corrected chi connectivity index (χ3v) is 2.60. The average Bonchev–Trinajstić information content (AvgIpc) is 2.44. The van der Waals surface area contributed by atoms with Crippen LogP contribution in [0.4, 0.5) is 0 Å². The molecule has 13 heavy (non-hydrogen) atoms. The van der Waals surface area contributed by atoms with Gasteiger partial charge in [-0.25, -0.2) is 0 Å². The van der Waals surface area contributed by atoms with E-state index in [0.717, 1.165) is 11.3 Å². The Morgan fingerprint density at radius 3 is 3.08 bits per heavy atom. The van der Waals surface area contributed by atoms with Crippen molar-refractivity contribution in [2.45, 2.75) is 18.8 Å². The van der Waals surface area contributed by atoms with Crippen LogP contribution in [0.3, 0.4) is 0 Å². The van der Waals surface area contributed by atoms with Crippen molar-refractivity contribution in [1.29, 1.82) is 0 Å². The van der Waals surface area contributed by atoms with Gasteiger partial charge in [-0.2, -0.15) is 0 Å². The van der Waals surface area contributed by atoms with E-state index in [9.17, 15) is 0 Å². The smallest absolute Gasteiger partial charge is 0.220 e. The molecule has 0 saturated heterocycles. The zero-order valence-electron chi connectivity index (χ0n) is 7.36. The fourth-order valence-electron chi connectivity index (χ4n) is 1.90. The summed E-state index contributed by atoms with van der Waals surface area (Å²) in [5.41, 5.74) is 0.833. The van der Waals surface area contributed by atoms with Crippen molar-refractivity contribution in [3.05, 3.63) is 42.0 Å². The molecular weight excluding hydrogens is 164 g/mol. The highest BCUT2D eigenvalue weighted by Crippen LogP contribution is 2.43. The van der Waals surface area contributed by atoms with E-state index in [-0.39, 0.29) is 11.9 Å². The minimum atomic E-state index is -0.278. The molecule has 1 aromatic rings. The lowest BCUT2D eigenvalue weighted by Crippen LogP contribution is -2.31. The minimum Gasteiger partial charge on any atom is -0.461 e. The molecule has 0 spiro atoms. The lowest BCUT2D eigenvalue weighted by Gasteiger charge is -2.32. The normalized spacial score (nSPS) is 34.1. The number of hydrogen-bond donors (Lipinski definition) is 0. The van der Waals surface area contributed by atoms with Crippen LogP contribution in [0.15, 0.2) is 36.4 Å². The SMILES string of the molecule is CC12C=CC(Oc3ccccc31)O2. The molecule has 0 aromatic heterocycles. The molecule has 2 aliphatic rings. The van der Waals surface area contributed by atoms with Gasteiger partial charge in [0.25, 0.3) is 0 Å². The first kappa shape index (κ1) is 7.15. The quantitative estimate of drug-likeness (QED) is 0.561. The highest BCUT2D eigenvalue weighted by atomic mass is 16.7. The Morgan fingerprint density at radius 1 is 1.31 bits per heavy atom. The second-order valence-corrected chi connectivity index (χ2v) is 3.57. The predicted molar refractivity (Wildman–Crippen MR) is 48.4 cm³/mol. The van der Waals surface area contributed by atoms with Crippen molar-refractivity contribution in [1.82, 2.24) is 0 Å². The molecule has 2 nitrogen and oxygen atoms in total. The van der Waals surface area contributed by atoms with Crippen LogP contribution < -0.4 is 4.74 Å². The molecule has 0 N–H and O–H groups in total. The van der Waals surface area contributed by atoms with Crippen molar-refractivity contribution in [3.8, 4) is 5.75 Å².